The molecule has 110 valence electrons. The molecular weight excluding hydrogens is 284 g/mol. The van der Waals surface area contributed by atoms with E-state index in [1.165, 1.54) is 0 Å². The third kappa shape index (κ3) is 3.14. The summed E-state index contributed by atoms with van der Waals surface area (Å²) in [5.41, 5.74) is 2.42. The van der Waals surface area contributed by atoms with Gasteiger partial charge in [-0.15, -0.1) is 11.3 Å². The van der Waals surface area contributed by atoms with Gasteiger partial charge in [0.15, 0.2) is 0 Å². The average molecular weight is 302 g/mol. The van der Waals surface area contributed by atoms with Crippen molar-refractivity contribution in [2.24, 2.45) is 5.41 Å². The normalized spacial score (nSPS) is 15.7. The minimum Gasteiger partial charge on any atom is -0.396 e. The number of hydrogen-bond donors (Lipinski definition) is 2. The minimum absolute atomic E-state index is 0.0701. The summed E-state index contributed by atoms with van der Waals surface area (Å²) in [6, 6.07) is 7.50. The summed E-state index contributed by atoms with van der Waals surface area (Å²) in [6.45, 7) is 2.66. The monoisotopic (exact) mass is 302 g/mol. The highest BCUT2D eigenvalue weighted by molar-refractivity contribution is 7.09. The van der Waals surface area contributed by atoms with Crippen molar-refractivity contribution in [3.05, 3.63) is 40.2 Å². The van der Waals surface area contributed by atoms with Gasteiger partial charge in [0.05, 0.1) is 17.3 Å². The van der Waals surface area contributed by atoms with Crippen LogP contribution in [-0.4, -0.2) is 29.1 Å². The summed E-state index contributed by atoms with van der Waals surface area (Å²) in [4.78, 5) is 16.7. The number of thiazole rings is 1. The van der Waals surface area contributed by atoms with Crippen molar-refractivity contribution in [3.63, 3.8) is 0 Å². The highest BCUT2D eigenvalue weighted by atomic mass is 32.1. The Bertz CT molecular complexity index is 662. The van der Waals surface area contributed by atoms with Crippen LogP contribution in [0.15, 0.2) is 29.6 Å². The molecule has 4 nitrogen and oxygen atoms in total. The van der Waals surface area contributed by atoms with Gasteiger partial charge in [-0.1, -0.05) is 12.1 Å². The molecule has 0 bridgehead atoms. The van der Waals surface area contributed by atoms with Gasteiger partial charge in [0.25, 0.3) is 5.91 Å². The van der Waals surface area contributed by atoms with E-state index in [9.17, 15) is 9.90 Å². The zero-order valence-corrected chi connectivity index (χ0v) is 12.7. The van der Waals surface area contributed by atoms with E-state index in [2.05, 4.69) is 10.3 Å². The number of rotatable bonds is 5. The number of aromatic nitrogens is 1. The summed E-state index contributed by atoms with van der Waals surface area (Å²) < 4.78 is 0. The van der Waals surface area contributed by atoms with Gasteiger partial charge < -0.3 is 10.4 Å². The maximum Gasteiger partial charge on any atom is 0.251 e. The Kier molecular flexibility index (Phi) is 3.78. The molecule has 3 rings (SSSR count). The molecule has 0 spiro atoms. The van der Waals surface area contributed by atoms with E-state index in [0.29, 0.717) is 12.1 Å². The van der Waals surface area contributed by atoms with Crippen LogP contribution in [0.25, 0.3) is 11.3 Å². The number of carbonyl (C=O) groups is 1. The first kappa shape index (κ1) is 14.2. The summed E-state index contributed by atoms with van der Waals surface area (Å²) >= 11 is 1.60. The Morgan fingerprint density at radius 1 is 1.48 bits per heavy atom. The summed E-state index contributed by atoms with van der Waals surface area (Å²) in [5.74, 6) is -0.0940. The first-order valence-corrected chi connectivity index (χ1v) is 7.91. The zero-order valence-electron chi connectivity index (χ0n) is 11.9. The van der Waals surface area contributed by atoms with Crippen LogP contribution in [0.2, 0.25) is 0 Å². The Balaban J connectivity index is 1.72. The van der Waals surface area contributed by atoms with Gasteiger partial charge in [-0.2, -0.15) is 0 Å². The molecule has 1 heterocycles. The first-order valence-electron chi connectivity index (χ1n) is 7.04. The topological polar surface area (TPSA) is 62.2 Å². The molecule has 0 aliphatic heterocycles. The van der Waals surface area contributed by atoms with Crippen molar-refractivity contribution < 1.29 is 9.90 Å². The molecule has 1 aliphatic rings. The molecule has 5 heteroatoms. The summed E-state index contributed by atoms with van der Waals surface area (Å²) in [7, 11) is 0. The van der Waals surface area contributed by atoms with Crippen LogP contribution < -0.4 is 5.32 Å². The lowest BCUT2D eigenvalue weighted by Gasteiger charge is -2.13. The second kappa shape index (κ2) is 5.58. The third-order valence-electron chi connectivity index (χ3n) is 3.96. The molecule has 21 heavy (non-hydrogen) atoms. The van der Waals surface area contributed by atoms with Crippen LogP contribution in [0, 0.1) is 12.3 Å². The second-order valence-electron chi connectivity index (χ2n) is 5.67. The molecule has 0 unspecified atom stereocenters. The van der Waals surface area contributed by atoms with Crippen LogP contribution in [0.5, 0.6) is 0 Å². The molecule has 0 radical (unpaired) electrons. The van der Waals surface area contributed by atoms with E-state index in [-0.39, 0.29) is 17.9 Å². The van der Waals surface area contributed by atoms with Crippen LogP contribution in [0.4, 0.5) is 0 Å². The van der Waals surface area contributed by atoms with Gasteiger partial charge in [-0.3, -0.25) is 4.79 Å². The van der Waals surface area contributed by atoms with Gasteiger partial charge in [-0.05, 0) is 31.9 Å². The van der Waals surface area contributed by atoms with Crippen molar-refractivity contribution in [2.75, 3.05) is 13.2 Å². The number of amides is 1. The van der Waals surface area contributed by atoms with Crippen molar-refractivity contribution in [3.8, 4) is 11.3 Å². The third-order valence-corrected chi connectivity index (χ3v) is 4.73. The minimum atomic E-state index is -0.0940. The lowest BCUT2D eigenvalue weighted by atomic mass is 10.1. The Morgan fingerprint density at radius 2 is 2.29 bits per heavy atom. The van der Waals surface area contributed by atoms with Crippen molar-refractivity contribution in [1.82, 2.24) is 10.3 Å². The highest BCUT2D eigenvalue weighted by Gasteiger charge is 2.42. The Morgan fingerprint density at radius 3 is 2.90 bits per heavy atom. The van der Waals surface area contributed by atoms with Gasteiger partial charge in [0.2, 0.25) is 0 Å². The number of carbonyl (C=O) groups excluding carboxylic acids is 1. The predicted octanol–water partition coefficient (Wildman–Crippen LogP) is 2.62. The number of nitrogens with one attached hydrogen (secondary N) is 1. The lowest BCUT2D eigenvalue weighted by molar-refractivity contribution is 0.0935. The van der Waals surface area contributed by atoms with Crippen LogP contribution in [0.3, 0.4) is 0 Å². The maximum atomic E-state index is 12.2. The fourth-order valence-corrected chi connectivity index (χ4v) is 2.88. The first-order chi connectivity index (χ1) is 10.1. The van der Waals surface area contributed by atoms with Crippen LogP contribution in [0.1, 0.15) is 28.2 Å². The standard InChI is InChI=1S/C16H18N2O2S/c1-11-18-14(8-21-11)12-3-2-4-13(7-12)15(20)17-9-16(10-19)5-6-16/h2-4,7-8,19H,5-6,9-10H2,1H3,(H,17,20). The Labute approximate surface area is 127 Å². The molecule has 2 N–H and O–H groups in total. The second-order valence-corrected chi connectivity index (χ2v) is 6.74. The number of aliphatic hydroxyl groups is 1. The number of benzene rings is 1. The van der Waals surface area contributed by atoms with E-state index in [1.807, 2.05) is 30.5 Å². The van der Waals surface area contributed by atoms with E-state index in [1.54, 1.807) is 17.4 Å². The maximum absolute atomic E-state index is 12.2. The molecule has 1 saturated carbocycles. The van der Waals surface area contributed by atoms with Crippen molar-refractivity contribution >= 4 is 17.2 Å². The number of aliphatic hydroxyl groups excluding tert-OH is 1. The van der Waals surface area contributed by atoms with E-state index >= 15 is 0 Å². The van der Waals surface area contributed by atoms with E-state index in [4.69, 9.17) is 0 Å². The number of hydrogen-bond acceptors (Lipinski definition) is 4. The number of aryl methyl sites for hydroxylation is 1. The SMILES string of the molecule is Cc1nc(-c2cccc(C(=O)NCC3(CO)CC3)c2)cs1. The van der Waals surface area contributed by atoms with E-state index < -0.39 is 0 Å². The van der Waals surface area contributed by atoms with Crippen molar-refractivity contribution in [2.45, 2.75) is 19.8 Å². The summed E-state index contributed by atoms with van der Waals surface area (Å²) in [5, 5.41) is 15.2. The molecule has 0 saturated heterocycles. The van der Waals surface area contributed by atoms with Crippen LogP contribution >= 0.6 is 11.3 Å². The van der Waals surface area contributed by atoms with Gasteiger partial charge in [-0.25, -0.2) is 4.98 Å². The van der Waals surface area contributed by atoms with Gasteiger partial charge in [0.1, 0.15) is 0 Å². The fraction of sp³-hybridized carbons (Fsp3) is 0.375. The molecule has 0 atom stereocenters. The summed E-state index contributed by atoms with van der Waals surface area (Å²) in [6.07, 6.45) is 1.98. The molecule has 1 fully saturated rings. The molecule has 1 aliphatic carbocycles. The fourth-order valence-electron chi connectivity index (χ4n) is 2.25. The lowest BCUT2D eigenvalue weighted by Crippen LogP contribution is -2.31. The molecule has 1 aromatic heterocycles. The molecule has 1 amide bonds. The average Bonchev–Trinajstić information content (AvgIpc) is 3.18. The number of nitrogens with zero attached hydrogens (tertiary/aromatic N) is 1. The van der Waals surface area contributed by atoms with Gasteiger partial charge in [0, 0.05) is 28.5 Å². The van der Waals surface area contributed by atoms with Crippen LogP contribution in [-0.2, 0) is 0 Å². The van der Waals surface area contributed by atoms with E-state index in [0.717, 1.165) is 29.1 Å². The quantitative estimate of drug-likeness (QED) is 0.892. The Hall–Kier alpha value is -1.72. The molecule has 1 aromatic carbocycles. The zero-order chi connectivity index (χ0) is 14.9. The molecule has 2 aromatic rings. The largest absolute Gasteiger partial charge is 0.396 e. The molecular formula is C16H18N2O2S. The highest BCUT2D eigenvalue weighted by Crippen LogP contribution is 2.44. The van der Waals surface area contributed by atoms with Crippen molar-refractivity contribution in [1.29, 1.82) is 0 Å². The smallest absolute Gasteiger partial charge is 0.251 e. The van der Waals surface area contributed by atoms with Gasteiger partial charge >= 0.3 is 0 Å². The predicted molar refractivity (Wildman–Crippen MR) is 83.4 cm³/mol.